The Kier molecular flexibility index (Phi) is 5.01. The predicted octanol–water partition coefficient (Wildman–Crippen LogP) is 3.02. The highest BCUT2D eigenvalue weighted by Crippen LogP contribution is 2.15. The summed E-state index contributed by atoms with van der Waals surface area (Å²) in [6.45, 7) is 0.0917. The normalized spacial score (nSPS) is 11.7. The molecule has 0 radical (unpaired) electrons. The summed E-state index contributed by atoms with van der Waals surface area (Å²) in [4.78, 5) is -0.168. The first-order chi connectivity index (χ1) is 10.1. The van der Waals surface area contributed by atoms with Gasteiger partial charge in [-0.25, -0.2) is 8.78 Å². The highest BCUT2D eigenvalue weighted by atomic mass is 32.2. The van der Waals surface area contributed by atoms with Crippen LogP contribution in [-0.4, -0.2) is 16.6 Å². The molecule has 0 heterocycles. The molecule has 0 aliphatic heterocycles. The van der Waals surface area contributed by atoms with Gasteiger partial charge in [-0.2, -0.15) is 5.26 Å². The minimum absolute atomic E-state index is 0.0420. The molecule has 108 valence electrons. The molecule has 0 bridgehead atoms. The number of halogens is 2. The van der Waals surface area contributed by atoms with E-state index in [9.17, 15) is 13.0 Å². The van der Waals surface area contributed by atoms with Crippen LogP contribution in [0.5, 0.6) is 5.75 Å². The van der Waals surface area contributed by atoms with E-state index in [1.807, 2.05) is 6.07 Å². The standard InChI is InChI=1S/C15H11F2NO2S/c16-12-3-6-14(17)15(9-12)21(19)8-7-20-13-4-1-11(10-18)2-5-13/h1-6,9H,7-8H2. The van der Waals surface area contributed by atoms with Crippen LogP contribution in [0.3, 0.4) is 0 Å². The van der Waals surface area contributed by atoms with Crippen molar-refractivity contribution < 1.29 is 17.7 Å². The second-order valence-corrected chi connectivity index (χ2v) is 5.65. The van der Waals surface area contributed by atoms with E-state index in [0.29, 0.717) is 11.3 Å². The summed E-state index contributed by atoms with van der Waals surface area (Å²) < 4.78 is 43.7. The molecule has 3 nitrogen and oxygen atoms in total. The Bertz CT molecular complexity index is 696. The Labute approximate surface area is 123 Å². The van der Waals surface area contributed by atoms with Crippen molar-refractivity contribution in [2.75, 3.05) is 12.4 Å². The van der Waals surface area contributed by atoms with Crippen LogP contribution in [0.1, 0.15) is 5.56 Å². The number of nitriles is 1. The van der Waals surface area contributed by atoms with Crippen LogP contribution in [0, 0.1) is 23.0 Å². The summed E-state index contributed by atoms with van der Waals surface area (Å²) in [5, 5.41) is 8.65. The molecule has 21 heavy (non-hydrogen) atoms. The zero-order valence-corrected chi connectivity index (χ0v) is 11.7. The minimum atomic E-state index is -1.68. The fraction of sp³-hybridized carbons (Fsp3) is 0.133. The molecule has 0 amide bonds. The van der Waals surface area contributed by atoms with Crippen LogP contribution in [0.25, 0.3) is 0 Å². The quantitative estimate of drug-likeness (QED) is 0.853. The minimum Gasteiger partial charge on any atom is -0.493 e. The Balaban J connectivity index is 1.92. The van der Waals surface area contributed by atoms with Gasteiger partial charge in [0.2, 0.25) is 0 Å². The van der Waals surface area contributed by atoms with Crippen molar-refractivity contribution in [3.63, 3.8) is 0 Å². The molecule has 1 atom stereocenters. The Morgan fingerprint density at radius 2 is 1.86 bits per heavy atom. The van der Waals surface area contributed by atoms with Crippen molar-refractivity contribution in [1.29, 1.82) is 5.26 Å². The Hall–Kier alpha value is -2.26. The highest BCUT2D eigenvalue weighted by Gasteiger charge is 2.11. The second kappa shape index (κ2) is 6.95. The van der Waals surface area contributed by atoms with E-state index in [4.69, 9.17) is 10.00 Å². The molecule has 2 aromatic carbocycles. The van der Waals surface area contributed by atoms with Crippen molar-refractivity contribution >= 4 is 10.8 Å². The topological polar surface area (TPSA) is 50.1 Å². The highest BCUT2D eigenvalue weighted by molar-refractivity contribution is 7.85. The van der Waals surface area contributed by atoms with Crippen molar-refractivity contribution in [3.8, 4) is 11.8 Å². The van der Waals surface area contributed by atoms with E-state index < -0.39 is 22.4 Å². The lowest BCUT2D eigenvalue weighted by Crippen LogP contribution is -2.10. The van der Waals surface area contributed by atoms with E-state index in [-0.39, 0.29) is 17.3 Å². The van der Waals surface area contributed by atoms with E-state index >= 15 is 0 Å². The van der Waals surface area contributed by atoms with Crippen LogP contribution in [0.2, 0.25) is 0 Å². The third kappa shape index (κ3) is 4.10. The van der Waals surface area contributed by atoms with Crippen molar-refractivity contribution in [2.24, 2.45) is 0 Å². The molecule has 0 spiro atoms. The molecule has 0 aliphatic carbocycles. The molecule has 0 aromatic heterocycles. The van der Waals surface area contributed by atoms with E-state index in [1.165, 1.54) is 0 Å². The van der Waals surface area contributed by atoms with Gasteiger partial charge in [-0.05, 0) is 42.5 Å². The number of benzene rings is 2. The fourth-order valence-electron chi connectivity index (χ4n) is 1.62. The predicted molar refractivity (Wildman–Crippen MR) is 74.3 cm³/mol. The summed E-state index contributed by atoms with van der Waals surface area (Å²) in [5.74, 6) is -0.771. The average molecular weight is 307 g/mol. The third-order valence-corrected chi connectivity index (χ3v) is 4.00. The summed E-state index contributed by atoms with van der Waals surface area (Å²) in [6.07, 6.45) is 0. The largest absolute Gasteiger partial charge is 0.493 e. The molecule has 0 saturated heterocycles. The summed E-state index contributed by atoms with van der Waals surface area (Å²) in [5.41, 5.74) is 0.507. The molecule has 0 saturated carbocycles. The van der Waals surface area contributed by atoms with E-state index in [0.717, 1.165) is 18.2 Å². The van der Waals surface area contributed by atoms with E-state index in [2.05, 4.69) is 0 Å². The molecule has 0 fully saturated rings. The van der Waals surface area contributed by atoms with Crippen LogP contribution in [0.15, 0.2) is 47.4 Å². The lowest BCUT2D eigenvalue weighted by molar-refractivity contribution is 0.342. The molecular formula is C15H11F2NO2S. The molecule has 2 rings (SSSR count). The number of rotatable bonds is 5. The van der Waals surface area contributed by atoms with Gasteiger partial charge in [0.25, 0.3) is 0 Å². The summed E-state index contributed by atoms with van der Waals surface area (Å²) >= 11 is 0. The van der Waals surface area contributed by atoms with Gasteiger partial charge in [-0.3, -0.25) is 4.21 Å². The number of hydrogen-bond acceptors (Lipinski definition) is 3. The molecule has 0 N–H and O–H groups in total. The van der Waals surface area contributed by atoms with Crippen LogP contribution in [0.4, 0.5) is 8.78 Å². The van der Waals surface area contributed by atoms with Crippen LogP contribution >= 0.6 is 0 Å². The molecule has 0 aliphatic rings. The zero-order valence-electron chi connectivity index (χ0n) is 10.9. The van der Waals surface area contributed by atoms with Crippen molar-refractivity contribution in [2.45, 2.75) is 4.90 Å². The number of hydrogen-bond donors (Lipinski definition) is 0. The van der Waals surface area contributed by atoms with Gasteiger partial charge in [0.05, 0.1) is 33.1 Å². The van der Waals surface area contributed by atoms with Crippen LogP contribution < -0.4 is 4.74 Å². The smallest absolute Gasteiger partial charge is 0.139 e. The Morgan fingerprint density at radius 3 is 2.52 bits per heavy atom. The summed E-state index contributed by atoms with van der Waals surface area (Å²) in [6, 6.07) is 11.3. The van der Waals surface area contributed by atoms with E-state index in [1.54, 1.807) is 24.3 Å². The lowest BCUT2D eigenvalue weighted by Gasteiger charge is -2.07. The van der Waals surface area contributed by atoms with Gasteiger partial charge in [-0.15, -0.1) is 0 Å². The van der Waals surface area contributed by atoms with Crippen LogP contribution in [-0.2, 0) is 10.8 Å². The molecule has 1 unspecified atom stereocenters. The first kappa shape index (κ1) is 15.1. The fourth-order valence-corrected chi connectivity index (χ4v) is 2.61. The maximum atomic E-state index is 13.4. The number of ether oxygens (including phenoxy) is 1. The van der Waals surface area contributed by atoms with Gasteiger partial charge < -0.3 is 4.74 Å². The number of nitrogens with zero attached hydrogens (tertiary/aromatic N) is 1. The lowest BCUT2D eigenvalue weighted by atomic mass is 10.2. The Morgan fingerprint density at radius 1 is 1.14 bits per heavy atom. The van der Waals surface area contributed by atoms with Gasteiger partial charge in [-0.1, -0.05) is 0 Å². The van der Waals surface area contributed by atoms with Gasteiger partial charge in [0.15, 0.2) is 0 Å². The first-order valence-corrected chi connectivity index (χ1v) is 7.38. The first-order valence-electron chi connectivity index (χ1n) is 6.06. The van der Waals surface area contributed by atoms with Gasteiger partial charge >= 0.3 is 0 Å². The average Bonchev–Trinajstić information content (AvgIpc) is 2.50. The third-order valence-electron chi connectivity index (χ3n) is 2.66. The van der Waals surface area contributed by atoms with Gasteiger partial charge in [0.1, 0.15) is 24.0 Å². The van der Waals surface area contributed by atoms with Crippen molar-refractivity contribution in [1.82, 2.24) is 0 Å². The monoisotopic (exact) mass is 307 g/mol. The molecular weight excluding hydrogens is 296 g/mol. The maximum absolute atomic E-state index is 13.4. The zero-order chi connectivity index (χ0) is 15.2. The van der Waals surface area contributed by atoms with Crippen molar-refractivity contribution in [3.05, 3.63) is 59.7 Å². The SMILES string of the molecule is N#Cc1ccc(OCCS(=O)c2cc(F)ccc2F)cc1. The second-order valence-electron chi connectivity index (χ2n) is 4.11. The summed E-state index contributed by atoms with van der Waals surface area (Å²) in [7, 11) is -1.68. The van der Waals surface area contributed by atoms with Gasteiger partial charge in [0, 0.05) is 0 Å². The maximum Gasteiger partial charge on any atom is 0.139 e. The molecule has 6 heteroatoms. The molecule has 2 aromatic rings.